The van der Waals surface area contributed by atoms with Gasteiger partial charge in [-0.3, -0.25) is 0 Å². The number of aromatic nitrogens is 3. The van der Waals surface area contributed by atoms with Crippen LogP contribution in [0.3, 0.4) is 0 Å². The van der Waals surface area contributed by atoms with Crippen LogP contribution < -0.4 is 20.1 Å². The Morgan fingerprint density at radius 2 is 1.81 bits per heavy atom. The van der Waals surface area contributed by atoms with Gasteiger partial charge in [-0.1, -0.05) is 11.6 Å². The summed E-state index contributed by atoms with van der Waals surface area (Å²) in [6.45, 7) is 5.43. The Balaban J connectivity index is 1.66. The van der Waals surface area contributed by atoms with E-state index in [-0.39, 0.29) is 0 Å². The van der Waals surface area contributed by atoms with E-state index in [4.69, 9.17) is 41.5 Å². The van der Waals surface area contributed by atoms with Crippen molar-refractivity contribution in [3.8, 4) is 22.9 Å². The summed E-state index contributed by atoms with van der Waals surface area (Å²) in [6.07, 6.45) is 3.83. The summed E-state index contributed by atoms with van der Waals surface area (Å²) in [5, 5.41) is 1.33. The first-order valence-corrected chi connectivity index (χ1v) is 11.0. The summed E-state index contributed by atoms with van der Waals surface area (Å²) in [6, 6.07) is 3.61. The summed E-state index contributed by atoms with van der Waals surface area (Å²) < 4.78 is 16.6. The van der Waals surface area contributed by atoms with Crippen LogP contribution in [-0.4, -0.2) is 55.5 Å². The van der Waals surface area contributed by atoms with E-state index < -0.39 is 0 Å². The highest BCUT2D eigenvalue weighted by Gasteiger charge is 2.45. The van der Waals surface area contributed by atoms with Crippen LogP contribution in [-0.2, 0) is 4.74 Å². The third-order valence-corrected chi connectivity index (χ3v) is 6.97. The highest BCUT2D eigenvalue weighted by Crippen LogP contribution is 2.45. The normalized spacial score (nSPS) is 17.4. The van der Waals surface area contributed by atoms with Crippen molar-refractivity contribution in [3.05, 3.63) is 28.9 Å². The number of fused-ring (bicyclic) bond motifs is 1. The minimum Gasteiger partial charge on any atom is -0.496 e. The monoisotopic (exact) mass is 455 g/mol. The molecule has 9 heteroatoms. The molecular weight excluding hydrogens is 430 g/mol. The minimum atomic E-state index is 0.293. The van der Waals surface area contributed by atoms with Gasteiger partial charge in [0, 0.05) is 54.3 Å². The molecule has 3 aromatic rings. The number of anilines is 2. The molecule has 1 spiro atoms. The lowest BCUT2D eigenvalue weighted by molar-refractivity contribution is -0.000353. The van der Waals surface area contributed by atoms with Crippen LogP contribution in [0.4, 0.5) is 11.6 Å². The molecule has 2 saturated heterocycles. The van der Waals surface area contributed by atoms with Crippen molar-refractivity contribution < 1.29 is 14.2 Å². The first-order valence-electron chi connectivity index (χ1n) is 10.6. The fourth-order valence-electron chi connectivity index (χ4n) is 4.75. The molecule has 0 saturated carbocycles. The second kappa shape index (κ2) is 7.94. The molecule has 168 valence electrons. The topological polar surface area (TPSA) is 95.6 Å². The van der Waals surface area contributed by atoms with Crippen LogP contribution in [0.2, 0.25) is 5.02 Å². The summed E-state index contributed by atoms with van der Waals surface area (Å²) in [5.74, 6) is 2.95. The minimum absolute atomic E-state index is 0.293. The molecule has 2 aliphatic heterocycles. The lowest BCUT2D eigenvalue weighted by Gasteiger charge is -2.53. The molecule has 2 aromatic heterocycles. The van der Waals surface area contributed by atoms with Crippen LogP contribution in [0.25, 0.3) is 22.3 Å². The molecule has 0 amide bonds. The van der Waals surface area contributed by atoms with Crippen molar-refractivity contribution in [1.82, 2.24) is 15.0 Å². The first-order chi connectivity index (χ1) is 15.4. The lowest BCUT2D eigenvalue weighted by atomic mass is 9.73. The van der Waals surface area contributed by atoms with Gasteiger partial charge in [0.15, 0.2) is 5.82 Å². The van der Waals surface area contributed by atoms with E-state index in [0.29, 0.717) is 44.7 Å². The Morgan fingerprint density at radius 3 is 2.50 bits per heavy atom. The number of hydrogen-bond donors (Lipinski definition) is 1. The standard InChI is InChI=1S/C23H26ClN5O3/c1-13-16(30-2)9-17(31-3)20(24)19(13)21-27-15-10-26-18(25)8-14(15)22(28-21)29-11-23(12-29)4-6-32-7-5-23/h8-10H,4-7,11-12H2,1-3H3,(H2,25,26). The van der Waals surface area contributed by atoms with Gasteiger partial charge in [-0.2, -0.15) is 0 Å². The molecule has 2 fully saturated rings. The third-order valence-electron chi connectivity index (χ3n) is 6.59. The molecule has 1 aromatic carbocycles. The van der Waals surface area contributed by atoms with Crippen molar-refractivity contribution in [3.63, 3.8) is 0 Å². The predicted molar refractivity (Wildman–Crippen MR) is 125 cm³/mol. The molecule has 0 atom stereocenters. The smallest absolute Gasteiger partial charge is 0.164 e. The SMILES string of the molecule is COc1cc(OC)c(Cl)c(-c2nc(N3CC4(CCOCC4)C3)c3cc(N)ncc3n2)c1C. The highest BCUT2D eigenvalue weighted by atomic mass is 35.5. The zero-order valence-electron chi connectivity index (χ0n) is 18.4. The molecular formula is C23H26ClN5O3. The summed E-state index contributed by atoms with van der Waals surface area (Å²) in [4.78, 5) is 16.3. The summed E-state index contributed by atoms with van der Waals surface area (Å²) in [5.41, 5.74) is 8.54. The maximum absolute atomic E-state index is 6.73. The number of nitrogens with two attached hydrogens (primary N) is 1. The second-order valence-electron chi connectivity index (χ2n) is 8.56. The van der Waals surface area contributed by atoms with Crippen molar-refractivity contribution in [2.75, 3.05) is 51.2 Å². The maximum Gasteiger partial charge on any atom is 0.164 e. The number of benzene rings is 1. The van der Waals surface area contributed by atoms with E-state index in [9.17, 15) is 0 Å². The molecule has 5 rings (SSSR count). The average molecular weight is 456 g/mol. The fourth-order valence-corrected chi connectivity index (χ4v) is 5.10. The number of nitrogens with zero attached hydrogens (tertiary/aromatic N) is 4. The number of ether oxygens (including phenoxy) is 3. The molecule has 32 heavy (non-hydrogen) atoms. The number of rotatable bonds is 4. The van der Waals surface area contributed by atoms with Crippen LogP contribution in [0.5, 0.6) is 11.5 Å². The molecule has 0 unspecified atom stereocenters. The number of pyridine rings is 1. The van der Waals surface area contributed by atoms with E-state index in [1.165, 1.54) is 0 Å². The maximum atomic E-state index is 6.73. The Labute approximate surface area is 191 Å². The van der Waals surface area contributed by atoms with Crippen LogP contribution in [0.15, 0.2) is 18.3 Å². The van der Waals surface area contributed by atoms with Crippen LogP contribution in [0, 0.1) is 12.3 Å². The third kappa shape index (κ3) is 3.38. The number of nitrogen functional groups attached to an aromatic ring is 1. The van der Waals surface area contributed by atoms with E-state index >= 15 is 0 Å². The van der Waals surface area contributed by atoms with Gasteiger partial charge in [-0.15, -0.1) is 0 Å². The van der Waals surface area contributed by atoms with Crippen molar-refractivity contribution >= 4 is 34.1 Å². The lowest BCUT2D eigenvalue weighted by Crippen LogP contribution is -2.59. The molecule has 2 aliphatic rings. The Kier molecular flexibility index (Phi) is 5.22. The quantitative estimate of drug-likeness (QED) is 0.633. The van der Waals surface area contributed by atoms with E-state index in [2.05, 4.69) is 9.88 Å². The summed E-state index contributed by atoms with van der Waals surface area (Å²) in [7, 11) is 3.19. The summed E-state index contributed by atoms with van der Waals surface area (Å²) >= 11 is 6.73. The Hall–Kier alpha value is -2.84. The molecule has 8 nitrogen and oxygen atoms in total. The van der Waals surface area contributed by atoms with Gasteiger partial charge in [0.1, 0.15) is 23.1 Å². The van der Waals surface area contributed by atoms with Gasteiger partial charge in [0.05, 0.1) is 31.0 Å². The number of hydrogen-bond acceptors (Lipinski definition) is 8. The van der Waals surface area contributed by atoms with E-state index in [1.807, 2.05) is 13.0 Å². The van der Waals surface area contributed by atoms with Crippen molar-refractivity contribution in [2.24, 2.45) is 5.41 Å². The number of methoxy groups -OCH3 is 2. The van der Waals surface area contributed by atoms with Crippen molar-refractivity contribution in [2.45, 2.75) is 19.8 Å². The van der Waals surface area contributed by atoms with E-state index in [0.717, 1.165) is 55.9 Å². The Bertz CT molecular complexity index is 1160. The van der Waals surface area contributed by atoms with Gasteiger partial charge < -0.3 is 24.8 Å². The molecule has 0 radical (unpaired) electrons. The average Bonchev–Trinajstić information content (AvgIpc) is 2.78. The largest absolute Gasteiger partial charge is 0.496 e. The molecule has 0 aliphatic carbocycles. The van der Waals surface area contributed by atoms with Crippen LogP contribution >= 0.6 is 11.6 Å². The second-order valence-corrected chi connectivity index (χ2v) is 8.94. The van der Waals surface area contributed by atoms with Gasteiger partial charge in [0.25, 0.3) is 0 Å². The molecule has 4 heterocycles. The first kappa shape index (κ1) is 21.0. The fraction of sp³-hybridized carbons (Fsp3) is 0.435. The Morgan fingerprint density at radius 1 is 1.09 bits per heavy atom. The van der Waals surface area contributed by atoms with Gasteiger partial charge >= 0.3 is 0 Å². The molecule has 2 N–H and O–H groups in total. The predicted octanol–water partition coefficient (Wildman–Crippen LogP) is 3.87. The van der Waals surface area contributed by atoms with Crippen molar-refractivity contribution in [1.29, 1.82) is 0 Å². The molecule has 0 bridgehead atoms. The van der Waals surface area contributed by atoms with Gasteiger partial charge in [-0.25, -0.2) is 15.0 Å². The number of halogens is 1. The van der Waals surface area contributed by atoms with Crippen LogP contribution in [0.1, 0.15) is 18.4 Å². The van der Waals surface area contributed by atoms with Gasteiger partial charge in [-0.05, 0) is 25.8 Å². The highest BCUT2D eigenvalue weighted by molar-refractivity contribution is 6.35. The zero-order chi connectivity index (χ0) is 22.5. The van der Waals surface area contributed by atoms with Gasteiger partial charge in [0.2, 0.25) is 0 Å². The van der Waals surface area contributed by atoms with E-state index in [1.54, 1.807) is 26.5 Å². The zero-order valence-corrected chi connectivity index (χ0v) is 19.2.